The van der Waals surface area contributed by atoms with Crippen LogP contribution in [0.4, 0.5) is 0 Å². The van der Waals surface area contributed by atoms with Gasteiger partial charge in [0.2, 0.25) is 0 Å². The summed E-state index contributed by atoms with van der Waals surface area (Å²) >= 11 is 0. The maximum atomic E-state index is 13.4. The van der Waals surface area contributed by atoms with Crippen LogP contribution in [0.1, 0.15) is 15.9 Å². The number of fused-ring (bicyclic) bond motifs is 9. The van der Waals surface area contributed by atoms with Gasteiger partial charge >= 0.3 is 0 Å². The van der Waals surface area contributed by atoms with Gasteiger partial charge in [0.25, 0.3) is 0 Å². The highest BCUT2D eigenvalue weighted by molar-refractivity contribution is 6.27. The molecule has 0 bridgehead atoms. The molecule has 30 heavy (non-hydrogen) atoms. The highest BCUT2D eigenvalue weighted by Gasteiger charge is 2.29. The van der Waals surface area contributed by atoms with Crippen molar-refractivity contribution in [2.75, 3.05) is 0 Å². The van der Waals surface area contributed by atoms with Crippen molar-refractivity contribution < 1.29 is 4.79 Å². The Balaban J connectivity index is 1.61. The monoisotopic (exact) mass is 386 g/mol. The molecule has 0 fully saturated rings. The lowest BCUT2D eigenvalue weighted by atomic mass is 10.0. The van der Waals surface area contributed by atoms with E-state index in [-0.39, 0.29) is 5.78 Å². The fraction of sp³-hybridized carbons (Fsp3) is 0.0741. The second-order valence-corrected chi connectivity index (χ2v) is 8.31. The minimum absolute atomic E-state index is 0.129. The number of ketones is 1. The van der Waals surface area contributed by atoms with Gasteiger partial charge in [0.15, 0.2) is 5.78 Å². The molecule has 0 atom stereocenters. The molecule has 0 saturated carbocycles. The Morgan fingerprint density at radius 2 is 0.933 bits per heavy atom. The molecule has 4 aromatic carbocycles. The van der Waals surface area contributed by atoms with Crippen LogP contribution in [0.25, 0.3) is 54.7 Å². The number of aryl methyl sites for hydroxylation is 2. The normalized spacial score (nSPS) is 13.1. The zero-order valence-corrected chi connectivity index (χ0v) is 16.7. The molecule has 142 valence electrons. The first-order valence-electron chi connectivity index (χ1n) is 10.2. The topological polar surface area (TPSA) is 26.9 Å². The van der Waals surface area contributed by atoms with Crippen molar-refractivity contribution in [3.63, 3.8) is 0 Å². The predicted molar refractivity (Wildman–Crippen MR) is 123 cm³/mol. The molecule has 2 aromatic heterocycles. The van der Waals surface area contributed by atoms with Crippen LogP contribution in [0.5, 0.6) is 0 Å². The van der Waals surface area contributed by atoms with Gasteiger partial charge in [0.1, 0.15) is 0 Å². The van der Waals surface area contributed by atoms with Crippen LogP contribution in [0, 0.1) is 0 Å². The highest BCUT2D eigenvalue weighted by Crippen LogP contribution is 2.44. The Morgan fingerprint density at radius 3 is 1.40 bits per heavy atom. The summed E-state index contributed by atoms with van der Waals surface area (Å²) in [6.07, 6.45) is 0. The van der Waals surface area contributed by atoms with Crippen LogP contribution in [0.3, 0.4) is 0 Å². The van der Waals surface area contributed by atoms with E-state index in [1.165, 1.54) is 21.8 Å². The van der Waals surface area contributed by atoms with Crippen molar-refractivity contribution in [1.29, 1.82) is 0 Å². The Bertz CT molecular complexity index is 1600. The number of carbonyl (C=O) groups excluding carboxylic acids is 1. The summed E-state index contributed by atoms with van der Waals surface area (Å²) in [4.78, 5) is 13.4. The number of rotatable bonds is 0. The minimum atomic E-state index is 0.129. The Hall–Kier alpha value is -3.85. The van der Waals surface area contributed by atoms with E-state index in [1.54, 1.807) is 0 Å². The molecule has 7 rings (SSSR count). The molecular formula is C27H18N2O. The van der Waals surface area contributed by atoms with E-state index < -0.39 is 0 Å². The lowest BCUT2D eigenvalue weighted by Gasteiger charge is -2.04. The molecule has 1 aliphatic carbocycles. The number of hydrogen-bond donors (Lipinski definition) is 0. The van der Waals surface area contributed by atoms with E-state index in [4.69, 9.17) is 0 Å². The molecule has 3 nitrogen and oxygen atoms in total. The Morgan fingerprint density at radius 1 is 0.500 bits per heavy atom. The van der Waals surface area contributed by atoms with Gasteiger partial charge in [0, 0.05) is 68.8 Å². The second-order valence-electron chi connectivity index (χ2n) is 8.31. The molecule has 0 N–H and O–H groups in total. The van der Waals surface area contributed by atoms with E-state index in [2.05, 4.69) is 96.0 Å². The summed E-state index contributed by atoms with van der Waals surface area (Å²) in [5, 5.41) is 4.67. The molecule has 0 unspecified atom stereocenters. The molecule has 0 saturated heterocycles. The summed E-state index contributed by atoms with van der Waals surface area (Å²) in [5.74, 6) is 0.129. The first kappa shape index (κ1) is 16.0. The molecular weight excluding hydrogens is 368 g/mol. The average Bonchev–Trinajstić information content (AvgIpc) is 3.34. The third-order valence-electron chi connectivity index (χ3n) is 6.88. The third kappa shape index (κ3) is 1.74. The van der Waals surface area contributed by atoms with E-state index >= 15 is 0 Å². The summed E-state index contributed by atoms with van der Waals surface area (Å²) in [6.45, 7) is 0. The van der Waals surface area contributed by atoms with E-state index in [0.29, 0.717) is 0 Å². The van der Waals surface area contributed by atoms with Crippen molar-refractivity contribution in [2.45, 2.75) is 0 Å². The minimum Gasteiger partial charge on any atom is -0.344 e. The number of nitrogens with zero attached hydrogens (tertiary/aromatic N) is 2. The lowest BCUT2D eigenvalue weighted by molar-refractivity contribution is 0.104. The fourth-order valence-electron chi connectivity index (χ4n) is 5.38. The van der Waals surface area contributed by atoms with E-state index in [0.717, 1.165) is 44.1 Å². The van der Waals surface area contributed by atoms with Gasteiger partial charge in [-0.25, -0.2) is 0 Å². The van der Waals surface area contributed by atoms with Crippen LogP contribution in [-0.4, -0.2) is 14.9 Å². The van der Waals surface area contributed by atoms with Crippen LogP contribution >= 0.6 is 0 Å². The predicted octanol–water partition coefficient (Wildman–Crippen LogP) is 6.19. The van der Waals surface area contributed by atoms with Crippen molar-refractivity contribution >= 4 is 49.4 Å². The Kier molecular flexibility index (Phi) is 2.77. The van der Waals surface area contributed by atoms with Gasteiger partial charge in [-0.15, -0.1) is 0 Å². The van der Waals surface area contributed by atoms with Crippen LogP contribution in [0.15, 0.2) is 72.8 Å². The summed E-state index contributed by atoms with van der Waals surface area (Å²) in [6, 6.07) is 25.4. The van der Waals surface area contributed by atoms with Gasteiger partial charge in [-0.05, 0) is 47.5 Å². The smallest absolute Gasteiger partial charge is 0.194 e. The highest BCUT2D eigenvalue weighted by atomic mass is 16.1. The molecule has 0 amide bonds. The molecule has 1 aliphatic rings. The van der Waals surface area contributed by atoms with E-state index in [9.17, 15) is 4.79 Å². The fourth-order valence-corrected chi connectivity index (χ4v) is 5.38. The van der Waals surface area contributed by atoms with Crippen molar-refractivity contribution in [1.82, 2.24) is 9.13 Å². The Labute approximate surface area is 172 Å². The van der Waals surface area contributed by atoms with Gasteiger partial charge in [-0.3, -0.25) is 4.79 Å². The quantitative estimate of drug-likeness (QED) is 0.305. The zero-order chi connectivity index (χ0) is 20.1. The molecule has 2 heterocycles. The summed E-state index contributed by atoms with van der Waals surface area (Å²) in [7, 11) is 4.20. The first-order valence-corrected chi connectivity index (χ1v) is 10.2. The second kappa shape index (κ2) is 5.19. The third-order valence-corrected chi connectivity index (χ3v) is 6.88. The molecule has 3 heteroatoms. The van der Waals surface area contributed by atoms with Crippen LogP contribution in [-0.2, 0) is 14.1 Å². The first-order chi connectivity index (χ1) is 14.6. The van der Waals surface area contributed by atoms with Gasteiger partial charge in [-0.2, -0.15) is 0 Å². The number of carbonyl (C=O) groups is 1. The maximum absolute atomic E-state index is 13.4. The standard InChI is InChI=1S/C27H18N2O/c1-28-23-9-5-3-7-15(23)19-11-21-17(13-25(19)28)18-14-26-20(12-22(18)27(21)30)16-8-4-6-10-24(16)29(26)2/h3-14H,1-2H3. The van der Waals surface area contributed by atoms with Gasteiger partial charge in [0.05, 0.1) is 0 Å². The van der Waals surface area contributed by atoms with Crippen LogP contribution < -0.4 is 0 Å². The molecule has 0 spiro atoms. The van der Waals surface area contributed by atoms with Gasteiger partial charge in [-0.1, -0.05) is 36.4 Å². The largest absolute Gasteiger partial charge is 0.344 e. The molecule has 6 aromatic rings. The molecule has 0 radical (unpaired) electrons. The van der Waals surface area contributed by atoms with Crippen LogP contribution in [0.2, 0.25) is 0 Å². The van der Waals surface area contributed by atoms with Crippen molar-refractivity contribution in [3.05, 3.63) is 83.9 Å². The summed E-state index contributed by atoms with van der Waals surface area (Å²) in [5.41, 5.74) is 8.41. The maximum Gasteiger partial charge on any atom is 0.194 e. The number of hydrogen-bond acceptors (Lipinski definition) is 1. The molecule has 0 aliphatic heterocycles. The van der Waals surface area contributed by atoms with Crippen molar-refractivity contribution in [2.24, 2.45) is 14.1 Å². The lowest BCUT2D eigenvalue weighted by Crippen LogP contribution is -1.95. The number of benzene rings is 4. The number of aromatic nitrogens is 2. The SMILES string of the molecule is Cn1c2ccccc2c2cc3c(cc21)-c1cc2c(cc1C3=O)c1ccccc1n2C. The van der Waals surface area contributed by atoms with Gasteiger partial charge < -0.3 is 9.13 Å². The average molecular weight is 386 g/mol. The number of para-hydroxylation sites is 2. The van der Waals surface area contributed by atoms with E-state index in [1.807, 2.05) is 0 Å². The summed E-state index contributed by atoms with van der Waals surface area (Å²) < 4.78 is 4.45. The van der Waals surface area contributed by atoms with Crippen molar-refractivity contribution in [3.8, 4) is 11.1 Å². The zero-order valence-electron chi connectivity index (χ0n) is 16.7.